The van der Waals surface area contributed by atoms with Crippen LogP contribution in [0.4, 0.5) is 11.9 Å². The summed E-state index contributed by atoms with van der Waals surface area (Å²) in [5, 5.41) is 6.07. The minimum atomic E-state index is -0.0641. The van der Waals surface area contributed by atoms with Crippen molar-refractivity contribution in [2.45, 2.75) is 44.6 Å². The Morgan fingerprint density at radius 3 is 2.67 bits per heavy atom. The summed E-state index contributed by atoms with van der Waals surface area (Å²) in [6.07, 6.45) is 9.68. The van der Waals surface area contributed by atoms with Crippen molar-refractivity contribution < 1.29 is 4.79 Å². The van der Waals surface area contributed by atoms with Crippen molar-refractivity contribution in [2.24, 2.45) is 0 Å². The number of nitrogens with zero attached hydrogens (tertiary/aromatic N) is 4. The molecule has 2 N–H and O–H groups in total. The van der Waals surface area contributed by atoms with Crippen LogP contribution in [0.3, 0.4) is 0 Å². The van der Waals surface area contributed by atoms with Gasteiger partial charge in [-0.2, -0.15) is 0 Å². The highest BCUT2D eigenvalue weighted by molar-refractivity contribution is 5.91. The second-order valence-electron chi connectivity index (χ2n) is 6.88. The first kappa shape index (κ1) is 17.5. The van der Waals surface area contributed by atoms with E-state index in [0.29, 0.717) is 30.9 Å². The van der Waals surface area contributed by atoms with Crippen molar-refractivity contribution >= 4 is 28.8 Å². The Kier molecular flexibility index (Phi) is 5.27. The van der Waals surface area contributed by atoms with Crippen LogP contribution in [0.1, 0.15) is 44.6 Å². The summed E-state index contributed by atoms with van der Waals surface area (Å²) in [6.45, 7) is 0.472. The number of anilines is 2. The molecule has 0 bridgehead atoms. The molecular formula is C20H24N6O. The number of imidazole rings is 1. The number of aromatic nitrogens is 4. The maximum Gasteiger partial charge on any atom is 0.228 e. The highest BCUT2D eigenvalue weighted by atomic mass is 16.1. The van der Waals surface area contributed by atoms with Crippen LogP contribution in [-0.2, 0) is 4.79 Å². The van der Waals surface area contributed by atoms with E-state index in [4.69, 9.17) is 0 Å². The summed E-state index contributed by atoms with van der Waals surface area (Å²) in [5.74, 6) is 1.12. The molecule has 0 radical (unpaired) electrons. The number of amides is 1. The minimum Gasteiger partial charge on any atom is -0.354 e. The summed E-state index contributed by atoms with van der Waals surface area (Å²) in [5.41, 5.74) is 2.02. The van der Waals surface area contributed by atoms with Crippen LogP contribution in [0.5, 0.6) is 0 Å². The fourth-order valence-corrected chi connectivity index (χ4v) is 3.71. The van der Waals surface area contributed by atoms with E-state index in [9.17, 15) is 4.79 Å². The number of carbonyl (C=O) groups is 1. The van der Waals surface area contributed by atoms with Gasteiger partial charge in [0.2, 0.25) is 17.8 Å². The van der Waals surface area contributed by atoms with Gasteiger partial charge in [0.1, 0.15) is 0 Å². The van der Waals surface area contributed by atoms with Crippen molar-refractivity contribution in [3.63, 3.8) is 0 Å². The Morgan fingerprint density at radius 2 is 1.85 bits per heavy atom. The monoisotopic (exact) mass is 364 g/mol. The van der Waals surface area contributed by atoms with Gasteiger partial charge in [-0.3, -0.25) is 10.1 Å². The molecular weight excluding hydrogens is 340 g/mol. The van der Waals surface area contributed by atoms with Crippen LogP contribution in [0.25, 0.3) is 11.0 Å². The molecule has 3 aromatic rings. The molecule has 2 heterocycles. The predicted octanol–water partition coefficient (Wildman–Crippen LogP) is 3.77. The van der Waals surface area contributed by atoms with Crippen LogP contribution in [0.2, 0.25) is 0 Å². The lowest BCUT2D eigenvalue weighted by Crippen LogP contribution is -2.21. The molecule has 7 heteroatoms. The first-order chi connectivity index (χ1) is 13.3. The Balaban J connectivity index is 1.46. The lowest BCUT2D eigenvalue weighted by Gasteiger charge is -2.25. The Bertz CT molecular complexity index is 901. The van der Waals surface area contributed by atoms with Gasteiger partial charge in [0.15, 0.2) is 0 Å². The zero-order valence-electron chi connectivity index (χ0n) is 15.3. The highest BCUT2D eigenvalue weighted by Crippen LogP contribution is 2.34. The molecule has 1 fully saturated rings. The van der Waals surface area contributed by atoms with Crippen molar-refractivity contribution in [2.75, 3.05) is 17.2 Å². The summed E-state index contributed by atoms with van der Waals surface area (Å²) in [6, 6.07) is 10.2. The molecule has 1 saturated carbocycles. The van der Waals surface area contributed by atoms with Gasteiger partial charge in [0.25, 0.3) is 0 Å². The lowest BCUT2D eigenvalue weighted by molar-refractivity contribution is -0.116. The second kappa shape index (κ2) is 8.16. The van der Waals surface area contributed by atoms with E-state index in [-0.39, 0.29) is 5.91 Å². The number of hydrogen-bond acceptors (Lipinski definition) is 5. The zero-order chi connectivity index (χ0) is 18.5. The Hall–Kier alpha value is -2.96. The number of benzene rings is 1. The second-order valence-corrected chi connectivity index (χ2v) is 6.88. The molecule has 27 heavy (non-hydrogen) atoms. The van der Waals surface area contributed by atoms with Crippen LogP contribution in [0, 0.1) is 0 Å². The number of hydrogen-bond donors (Lipinski definition) is 2. The SMILES string of the molecule is O=C(CCNc1ncccn1)Nc1nc2ccccc2n1C1CCCCC1. The molecule has 7 nitrogen and oxygen atoms in total. The van der Waals surface area contributed by atoms with Gasteiger partial charge >= 0.3 is 0 Å². The minimum absolute atomic E-state index is 0.0641. The smallest absolute Gasteiger partial charge is 0.228 e. The molecule has 1 aliphatic carbocycles. The van der Waals surface area contributed by atoms with E-state index in [1.165, 1.54) is 19.3 Å². The molecule has 0 atom stereocenters. The molecule has 0 aliphatic heterocycles. The number of nitrogens with one attached hydrogen (secondary N) is 2. The first-order valence-corrected chi connectivity index (χ1v) is 9.59. The predicted molar refractivity (Wildman–Crippen MR) is 106 cm³/mol. The van der Waals surface area contributed by atoms with Gasteiger partial charge in [-0.15, -0.1) is 0 Å². The topological polar surface area (TPSA) is 84.7 Å². The van der Waals surface area contributed by atoms with Gasteiger partial charge in [-0.25, -0.2) is 15.0 Å². The lowest BCUT2D eigenvalue weighted by atomic mass is 9.95. The van der Waals surface area contributed by atoms with Crippen LogP contribution in [-0.4, -0.2) is 32.0 Å². The van der Waals surface area contributed by atoms with E-state index in [0.717, 1.165) is 23.9 Å². The fraction of sp³-hybridized carbons (Fsp3) is 0.400. The number of para-hydroxylation sites is 2. The maximum absolute atomic E-state index is 12.5. The first-order valence-electron chi connectivity index (χ1n) is 9.59. The van der Waals surface area contributed by atoms with Gasteiger partial charge < -0.3 is 9.88 Å². The van der Waals surface area contributed by atoms with E-state index in [1.54, 1.807) is 18.5 Å². The summed E-state index contributed by atoms with van der Waals surface area (Å²) in [7, 11) is 0. The van der Waals surface area contributed by atoms with Crippen molar-refractivity contribution in [3.8, 4) is 0 Å². The average molecular weight is 364 g/mol. The van der Waals surface area contributed by atoms with Crippen LogP contribution < -0.4 is 10.6 Å². The van der Waals surface area contributed by atoms with Gasteiger partial charge in [0, 0.05) is 31.4 Å². The summed E-state index contributed by atoms with van der Waals surface area (Å²) in [4.78, 5) is 25.3. The van der Waals surface area contributed by atoms with E-state index in [1.807, 2.05) is 18.2 Å². The molecule has 1 amide bonds. The average Bonchev–Trinajstić information content (AvgIpc) is 3.07. The van der Waals surface area contributed by atoms with Crippen LogP contribution >= 0.6 is 0 Å². The third-order valence-corrected chi connectivity index (χ3v) is 4.99. The van der Waals surface area contributed by atoms with Gasteiger partial charge in [-0.05, 0) is 31.0 Å². The largest absolute Gasteiger partial charge is 0.354 e. The molecule has 2 aromatic heterocycles. The Morgan fingerprint density at radius 1 is 1.07 bits per heavy atom. The molecule has 4 rings (SSSR count). The molecule has 0 spiro atoms. The summed E-state index contributed by atoms with van der Waals surface area (Å²) < 4.78 is 2.22. The van der Waals surface area contributed by atoms with Crippen molar-refractivity contribution in [1.82, 2.24) is 19.5 Å². The summed E-state index contributed by atoms with van der Waals surface area (Å²) >= 11 is 0. The molecule has 0 saturated heterocycles. The Labute approximate surface area is 158 Å². The number of carbonyl (C=O) groups excluding carboxylic acids is 1. The highest BCUT2D eigenvalue weighted by Gasteiger charge is 2.22. The third-order valence-electron chi connectivity index (χ3n) is 4.99. The molecule has 1 aromatic carbocycles. The standard InChI is InChI=1S/C20H24N6O/c27-18(11-14-23-19-21-12-6-13-22-19)25-20-24-16-9-4-5-10-17(16)26(20)15-7-2-1-3-8-15/h4-6,9-10,12-13,15H,1-3,7-8,11,14H2,(H,21,22,23)(H,24,25,27). The molecule has 0 unspecified atom stereocenters. The number of rotatable bonds is 6. The molecule has 140 valence electrons. The maximum atomic E-state index is 12.5. The van der Waals surface area contributed by atoms with E-state index in [2.05, 4.69) is 36.2 Å². The quantitative estimate of drug-likeness (QED) is 0.695. The fourth-order valence-electron chi connectivity index (χ4n) is 3.71. The molecule has 1 aliphatic rings. The van der Waals surface area contributed by atoms with E-state index >= 15 is 0 Å². The van der Waals surface area contributed by atoms with Gasteiger partial charge in [-0.1, -0.05) is 31.4 Å². The normalized spacial score (nSPS) is 15.0. The van der Waals surface area contributed by atoms with Crippen molar-refractivity contribution in [3.05, 3.63) is 42.7 Å². The zero-order valence-corrected chi connectivity index (χ0v) is 15.3. The number of fused-ring (bicyclic) bond motifs is 1. The van der Waals surface area contributed by atoms with E-state index < -0.39 is 0 Å². The van der Waals surface area contributed by atoms with Crippen molar-refractivity contribution in [1.29, 1.82) is 0 Å². The van der Waals surface area contributed by atoms with Crippen LogP contribution in [0.15, 0.2) is 42.7 Å². The van der Waals surface area contributed by atoms with Gasteiger partial charge in [0.05, 0.1) is 11.0 Å². The third kappa shape index (κ3) is 4.07.